The summed E-state index contributed by atoms with van der Waals surface area (Å²) in [7, 11) is 0. The summed E-state index contributed by atoms with van der Waals surface area (Å²) >= 11 is 1.92. The molecule has 1 aromatic heterocycles. The number of fused-ring (bicyclic) bond motifs is 7. The Morgan fingerprint density at radius 1 is 1.00 bits per heavy atom. The molecule has 2 saturated carbocycles. The van der Waals surface area contributed by atoms with Gasteiger partial charge in [0, 0.05) is 6.54 Å². The number of nitrogens with zero attached hydrogens (tertiary/aromatic N) is 1. The zero-order chi connectivity index (χ0) is 26.5. The molecule has 3 heteroatoms. The van der Waals surface area contributed by atoms with E-state index in [4.69, 9.17) is 4.98 Å². The Morgan fingerprint density at radius 3 is 2.61 bits per heavy atom. The van der Waals surface area contributed by atoms with E-state index in [0.717, 1.165) is 53.6 Å². The fourth-order valence-electron chi connectivity index (χ4n) is 9.75. The van der Waals surface area contributed by atoms with Crippen LogP contribution in [0.3, 0.4) is 0 Å². The first-order chi connectivity index (χ1) is 18.3. The van der Waals surface area contributed by atoms with Gasteiger partial charge in [-0.25, -0.2) is 4.98 Å². The monoisotopic (exact) mass is 530 g/mol. The molecule has 2 nitrogen and oxygen atoms in total. The van der Waals surface area contributed by atoms with Gasteiger partial charge < -0.3 is 5.32 Å². The van der Waals surface area contributed by atoms with Gasteiger partial charge in [0.15, 0.2) is 5.13 Å². The van der Waals surface area contributed by atoms with E-state index in [2.05, 4.69) is 76.3 Å². The van der Waals surface area contributed by atoms with E-state index in [9.17, 15) is 0 Å². The summed E-state index contributed by atoms with van der Waals surface area (Å²) in [6.07, 6.45) is 16.6. The van der Waals surface area contributed by atoms with Crippen molar-refractivity contribution in [3.63, 3.8) is 0 Å². The molecule has 0 radical (unpaired) electrons. The maximum atomic E-state index is 5.09. The lowest BCUT2D eigenvalue weighted by atomic mass is 9.47. The fraction of sp³-hybridized carbons (Fsp3) is 0.686. The number of anilines is 1. The van der Waals surface area contributed by atoms with Gasteiger partial charge in [0.1, 0.15) is 0 Å². The molecule has 206 valence electrons. The lowest BCUT2D eigenvalue weighted by Gasteiger charge is -2.57. The average Bonchev–Trinajstić information content (AvgIpc) is 3.48. The lowest BCUT2D eigenvalue weighted by molar-refractivity contribution is -0.0392. The van der Waals surface area contributed by atoms with Crippen LogP contribution in [-0.2, 0) is 13.0 Å². The minimum Gasteiger partial charge on any atom is -0.357 e. The quantitative estimate of drug-likeness (QED) is 0.367. The number of nitrogens with one attached hydrogen (secondary N) is 1. The van der Waals surface area contributed by atoms with Crippen LogP contribution in [0.25, 0.3) is 5.57 Å². The van der Waals surface area contributed by atoms with Gasteiger partial charge >= 0.3 is 0 Å². The van der Waals surface area contributed by atoms with Crippen molar-refractivity contribution in [2.24, 2.45) is 46.3 Å². The zero-order valence-corrected chi connectivity index (χ0v) is 25.4. The van der Waals surface area contributed by atoms with Crippen molar-refractivity contribution >= 4 is 22.0 Å². The van der Waals surface area contributed by atoms with E-state index in [1.54, 1.807) is 5.57 Å². The molecule has 0 saturated heterocycles. The Bertz CT molecular complexity index is 1150. The van der Waals surface area contributed by atoms with Crippen molar-refractivity contribution in [2.45, 2.75) is 105 Å². The summed E-state index contributed by atoms with van der Waals surface area (Å²) in [6.45, 7) is 13.6. The van der Waals surface area contributed by atoms with Gasteiger partial charge in [-0.2, -0.15) is 0 Å². The molecular formula is C35H50N2S. The van der Waals surface area contributed by atoms with Crippen LogP contribution < -0.4 is 5.32 Å². The number of hydrogen-bond donors (Lipinski definition) is 1. The molecule has 2 fully saturated rings. The van der Waals surface area contributed by atoms with Crippen molar-refractivity contribution in [3.8, 4) is 0 Å². The Labute approximate surface area is 236 Å². The highest BCUT2D eigenvalue weighted by Gasteiger charge is 2.59. The van der Waals surface area contributed by atoms with Gasteiger partial charge in [-0.3, -0.25) is 0 Å². The number of thiazole rings is 1. The summed E-state index contributed by atoms with van der Waals surface area (Å²) in [6, 6.07) is 10.7. The second-order valence-electron chi connectivity index (χ2n) is 14.3. The molecular weight excluding hydrogens is 480 g/mol. The Hall–Kier alpha value is -1.61. The third kappa shape index (κ3) is 4.59. The molecule has 4 aliphatic rings. The van der Waals surface area contributed by atoms with Crippen molar-refractivity contribution < 1.29 is 0 Å². The fourth-order valence-corrected chi connectivity index (χ4v) is 10.9. The predicted molar refractivity (Wildman–Crippen MR) is 163 cm³/mol. The van der Waals surface area contributed by atoms with Crippen LogP contribution in [-0.4, -0.2) is 4.98 Å². The van der Waals surface area contributed by atoms with Crippen LogP contribution in [0.1, 0.15) is 109 Å². The van der Waals surface area contributed by atoms with Gasteiger partial charge in [0.2, 0.25) is 0 Å². The highest BCUT2D eigenvalue weighted by molar-refractivity contribution is 7.16. The van der Waals surface area contributed by atoms with Crippen molar-refractivity contribution in [1.82, 2.24) is 4.98 Å². The molecule has 7 atom stereocenters. The van der Waals surface area contributed by atoms with Crippen LogP contribution in [0.5, 0.6) is 0 Å². The first-order valence-electron chi connectivity index (χ1n) is 15.8. The molecule has 1 N–H and O–H groups in total. The van der Waals surface area contributed by atoms with Crippen LogP contribution >= 0.6 is 11.3 Å². The summed E-state index contributed by atoms with van der Waals surface area (Å²) in [5, 5.41) is 4.74. The third-order valence-corrected chi connectivity index (χ3v) is 12.9. The largest absolute Gasteiger partial charge is 0.357 e. The minimum absolute atomic E-state index is 0.335. The van der Waals surface area contributed by atoms with Crippen LogP contribution in [0, 0.1) is 46.3 Å². The first-order valence-corrected chi connectivity index (χ1v) is 16.6. The van der Waals surface area contributed by atoms with E-state index in [-0.39, 0.29) is 0 Å². The standard InChI is InChI=1S/C35H50N2S/c1-23(2)10-9-11-24(3)27-16-17-28-26-14-15-30-32-31(19-21-35(30,5)29(26)18-20-34(27,28)4)37-33(38-32)36-22-25-12-7-6-8-13-25/h6-8,12-13,15,23-24,26-29H,9-11,14,16-22H2,1-5H3,(H,36,37)/t24?,26-,27?,28-,29-,34+,35+/m0/s1. The molecule has 4 aliphatic carbocycles. The van der Waals surface area contributed by atoms with Crippen LogP contribution in [0.2, 0.25) is 0 Å². The summed E-state index contributed by atoms with van der Waals surface area (Å²) in [4.78, 5) is 6.59. The second kappa shape index (κ2) is 10.4. The summed E-state index contributed by atoms with van der Waals surface area (Å²) in [5.74, 6) is 5.35. The van der Waals surface area contributed by atoms with Gasteiger partial charge in [0.25, 0.3) is 0 Å². The van der Waals surface area contributed by atoms with Gasteiger partial charge in [-0.1, -0.05) is 102 Å². The van der Waals surface area contributed by atoms with Crippen molar-refractivity contribution in [2.75, 3.05) is 5.32 Å². The summed E-state index contributed by atoms with van der Waals surface area (Å²) in [5.41, 5.74) is 5.23. The molecule has 2 unspecified atom stereocenters. The normalized spacial score (nSPS) is 34.6. The molecule has 1 heterocycles. The molecule has 0 bridgehead atoms. The molecule has 1 aromatic carbocycles. The smallest absolute Gasteiger partial charge is 0.183 e. The van der Waals surface area contributed by atoms with Crippen LogP contribution in [0.4, 0.5) is 5.13 Å². The Balaban J connectivity index is 1.19. The first kappa shape index (κ1) is 26.6. The van der Waals surface area contributed by atoms with Crippen LogP contribution in [0.15, 0.2) is 36.4 Å². The number of aromatic nitrogens is 1. The number of allylic oxidation sites excluding steroid dienone is 2. The second-order valence-corrected chi connectivity index (χ2v) is 15.3. The Kier molecular flexibility index (Phi) is 7.29. The Morgan fingerprint density at radius 2 is 1.82 bits per heavy atom. The van der Waals surface area contributed by atoms with Gasteiger partial charge in [0.05, 0.1) is 10.6 Å². The zero-order valence-electron chi connectivity index (χ0n) is 24.6. The molecule has 0 amide bonds. The lowest BCUT2D eigenvalue weighted by Crippen LogP contribution is -2.49. The molecule has 0 aliphatic heterocycles. The number of hydrogen-bond acceptors (Lipinski definition) is 3. The number of aryl methyl sites for hydroxylation is 1. The van der Waals surface area contributed by atoms with Crippen molar-refractivity contribution in [1.29, 1.82) is 0 Å². The van der Waals surface area contributed by atoms with E-state index in [0.29, 0.717) is 10.8 Å². The molecule has 6 rings (SSSR count). The average molecular weight is 531 g/mol. The highest BCUT2D eigenvalue weighted by Crippen LogP contribution is 2.68. The SMILES string of the molecule is CC(C)CCCC(C)C1CC[C@H]2[C@@H]3CC=C4c5sc(NCc6ccccc6)nc5CC[C@]4(C)[C@H]3CC[C@]12C. The topological polar surface area (TPSA) is 24.9 Å². The van der Waals surface area contributed by atoms with Crippen molar-refractivity contribution in [3.05, 3.63) is 52.5 Å². The molecule has 38 heavy (non-hydrogen) atoms. The number of rotatable bonds is 8. The molecule has 2 aromatic rings. The van der Waals surface area contributed by atoms with Gasteiger partial charge in [-0.15, -0.1) is 0 Å². The maximum Gasteiger partial charge on any atom is 0.183 e. The molecule has 0 spiro atoms. The summed E-state index contributed by atoms with van der Waals surface area (Å²) < 4.78 is 0. The third-order valence-electron chi connectivity index (χ3n) is 11.8. The van der Waals surface area contributed by atoms with E-state index < -0.39 is 0 Å². The van der Waals surface area contributed by atoms with Gasteiger partial charge in [-0.05, 0) is 102 Å². The van der Waals surface area contributed by atoms with E-state index >= 15 is 0 Å². The predicted octanol–water partition coefficient (Wildman–Crippen LogP) is 10.0. The highest BCUT2D eigenvalue weighted by atomic mass is 32.1. The minimum atomic E-state index is 0.335. The maximum absolute atomic E-state index is 5.09. The number of benzene rings is 1. The van der Waals surface area contributed by atoms with E-state index in [1.807, 2.05) is 11.3 Å². The van der Waals surface area contributed by atoms with E-state index in [1.165, 1.54) is 73.9 Å².